The number of fused-ring (bicyclic) bond motifs is 1. The summed E-state index contributed by atoms with van der Waals surface area (Å²) in [5.74, 6) is 0.345. The van der Waals surface area contributed by atoms with Gasteiger partial charge in [-0.3, -0.25) is 18.5 Å². The molecule has 0 atom stereocenters. The van der Waals surface area contributed by atoms with Crippen LogP contribution in [0.1, 0.15) is 16.7 Å². The number of aryl methyl sites for hydroxylation is 2. The highest BCUT2D eigenvalue weighted by Gasteiger charge is 2.19. The highest BCUT2D eigenvalue weighted by Crippen LogP contribution is 2.19. The first-order valence-electron chi connectivity index (χ1n) is 9.62. The molecule has 0 amide bonds. The molecule has 0 radical (unpaired) electrons. The van der Waals surface area contributed by atoms with Crippen molar-refractivity contribution in [3.8, 4) is 0 Å². The van der Waals surface area contributed by atoms with Crippen molar-refractivity contribution >= 4 is 34.9 Å². The van der Waals surface area contributed by atoms with E-state index in [1.165, 1.54) is 11.6 Å². The SMILES string of the molecule is Cc1ccc(Cn2c(NN=Cc3ccccc3Cl)nc3c2c(=O)n(C)c(=O)n3C)cc1. The van der Waals surface area contributed by atoms with E-state index in [0.29, 0.717) is 23.0 Å². The zero-order valence-corrected chi connectivity index (χ0v) is 18.1. The first-order chi connectivity index (χ1) is 14.9. The Morgan fingerprint density at radius 1 is 1.06 bits per heavy atom. The normalized spacial score (nSPS) is 11.5. The Balaban J connectivity index is 1.83. The molecular weight excluding hydrogens is 416 g/mol. The number of imidazole rings is 1. The summed E-state index contributed by atoms with van der Waals surface area (Å²) in [6.07, 6.45) is 1.58. The Kier molecular flexibility index (Phi) is 5.48. The zero-order chi connectivity index (χ0) is 22.1. The van der Waals surface area contributed by atoms with E-state index in [0.717, 1.165) is 21.3 Å². The van der Waals surface area contributed by atoms with Crippen LogP contribution in [-0.4, -0.2) is 24.9 Å². The molecule has 8 nitrogen and oxygen atoms in total. The number of nitrogens with one attached hydrogen (secondary N) is 1. The summed E-state index contributed by atoms with van der Waals surface area (Å²) in [5.41, 5.74) is 5.51. The largest absolute Gasteiger partial charge is 0.332 e. The molecule has 0 saturated carbocycles. The Morgan fingerprint density at radius 2 is 1.77 bits per heavy atom. The van der Waals surface area contributed by atoms with Crippen molar-refractivity contribution < 1.29 is 0 Å². The van der Waals surface area contributed by atoms with Crippen LogP contribution in [0.5, 0.6) is 0 Å². The molecule has 0 fully saturated rings. The second-order valence-corrected chi connectivity index (χ2v) is 7.68. The molecule has 1 N–H and O–H groups in total. The van der Waals surface area contributed by atoms with Gasteiger partial charge in [0.15, 0.2) is 11.2 Å². The molecule has 31 heavy (non-hydrogen) atoms. The van der Waals surface area contributed by atoms with Gasteiger partial charge < -0.3 is 0 Å². The smallest absolute Gasteiger partial charge is 0.298 e. The lowest BCUT2D eigenvalue weighted by molar-refractivity contribution is 0.702. The van der Waals surface area contributed by atoms with Gasteiger partial charge in [-0.05, 0) is 18.6 Å². The predicted octanol–water partition coefficient (Wildman–Crippen LogP) is 2.89. The molecule has 4 rings (SSSR count). The van der Waals surface area contributed by atoms with Crippen LogP contribution in [0.3, 0.4) is 0 Å². The molecule has 0 saturated heterocycles. The van der Waals surface area contributed by atoms with Crippen LogP contribution in [0.2, 0.25) is 5.02 Å². The summed E-state index contributed by atoms with van der Waals surface area (Å²) in [5, 5.41) is 4.82. The number of hydrogen-bond donors (Lipinski definition) is 1. The summed E-state index contributed by atoms with van der Waals surface area (Å²) < 4.78 is 4.16. The monoisotopic (exact) mass is 436 g/mol. The molecule has 0 aliphatic heterocycles. The Hall–Kier alpha value is -3.65. The summed E-state index contributed by atoms with van der Waals surface area (Å²) in [4.78, 5) is 29.8. The molecule has 158 valence electrons. The Morgan fingerprint density at radius 3 is 2.48 bits per heavy atom. The number of hydrogen-bond acceptors (Lipinski definition) is 5. The Bertz CT molecular complexity index is 1410. The van der Waals surface area contributed by atoms with Crippen LogP contribution in [-0.2, 0) is 20.6 Å². The lowest BCUT2D eigenvalue weighted by Crippen LogP contribution is -2.37. The predicted molar refractivity (Wildman–Crippen MR) is 123 cm³/mol. The van der Waals surface area contributed by atoms with E-state index >= 15 is 0 Å². The van der Waals surface area contributed by atoms with Gasteiger partial charge in [0, 0.05) is 24.7 Å². The van der Waals surface area contributed by atoms with Gasteiger partial charge in [-0.15, -0.1) is 0 Å². The summed E-state index contributed by atoms with van der Waals surface area (Å²) >= 11 is 6.18. The number of rotatable bonds is 5. The molecule has 0 spiro atoms. The van der Waals surface area contributed by atoms with E-state index in [2.05, 4.69) is 15.5 Å². The van der Waals surface area contributed by atoms with Crippen molar-refractivity contribution in [1.29, 1.82) is 0 Å². The van der Waals surface area contributed by atoms with Gasteiger partial charge in [0.25, 0.3) is 5.56 Å². The van der Waals surface area contributed by atoms with Gasteiger partial charge in [-0.25, -0.2) is 10.2 Å². The standard InChI is InChI=1S/C22H21ClN6O2/c1-14-8-10-15(11-9-14)13-29-18-19(27(2)22(31)28(3)20(18)30)25-21(29)26-24-12-16-6-4-5-7-17(16)23/h4-12H,13H2,1-3H3,(H,25,26). The number of anilines is 1. The average molecular weight is 437 g/mol. The van der Waals surface area contributed by atoms with Crippen LogP contribution in [0.4, 0.5) is 5.95 Å². The van der Waals surface area contributed by atoms with E-state index in [1.54, 1.807) is 23.9 Å². The fraction of sp³-hybridized carbons (Fsp3) is 0.182. The van der Waals surface area contributed by atoms with Crippen molar-refractivity contribution in [2.45, 2.75) is 13.5 Å². The third-order valence-electron chi connectivity index (χ3n) is 5.08. The van der Waals surface area contributed by atoms with Crippen LogP contribution in [0, 0.1) is 6.92 Å². The molecule has 0 unspecified atom stereocenters. The van der Waals surface area contributed by atoms with E-state index in [-0.39, 0.29) is 5.65 Å². The van der Waals surface area contributed by atoms with Crippen molar-refractivity contribution in [3.63, 3.8) is 0 Å². The van der Waals surface area contributed by atoms with Gasteiger partial charge in [-0.2, -0.15) is 10.1 Å². The second-order valence-electron chi connectivity index (χ2n) is 7.28. The number of benzene rings is 2. The Labute approximate surface area is 183 Å². The minimum absolute atomic E-state index is 0.288. The van der Waals surface area contributed by atoms with Gasteiger partial charge in [0.1, 0.15) is 0 Å². The molecule has 2 aromatic carbocycles. The molecule has 9 heteroatoms. The first-order valence-corrected chi connectivity index (χ1v) is 10.00. The summed E-state index contributed by atoms with van der Waals surface area (Å²) in [7, 11) is 3.04. The van der Waals surface area contributed by atoms with Crippen molar-refractivity contribution in [2.75, 3.05) is 5.43 Å². The van der Waals surface area contributed by atoms with Crippen molar-refractivity contribution in [3.05, 3.63) is 91.1 Å². The van der Waals surface area contributed by atoms with E-state index in [1.807, 2.05) is 49.4 Å². The molecule has 0 bridgehead atoms. The zero-order valence-electron chi connectivity index (χ0n) is 17.3. The lowest BCUT2D eigenvalue weighted by atomic mass is 10.1. The highest BCUT2D eigenvalue weighted by atomic mass is 35.5. The first kappa shape index (κ1) is 20.6. The number of aromatic nitrogens is 4. The average Bonchev–Trinajstić information content (AvgIpc) is 3.12. The van der Waals surface area contributed by atoms with E-state index in [9.17, 15) is 9.59 Å². The third-order valence-corrected chi connectivity index (χ3v) is 5.43. The van der Waals surface area contributed by atoms with Crippen molar-refractivity contribution in [2.24, 2.45) is 19.2 Å². The van der Waals surface area contributed by atoms with E-state index < -0.39 is 11.2 Å². The maximum atomic E-state index is 12.9. The van der Waals surface area contributed by atoms with Gasteiger partial charge in [-0.1, -0.05) is 59.6 Å². The van der Waals surface area contributed by atoms with E-state index in [4.69, 9.17) is 11.6 Å². The number of nitrogens with zero attached hydrogens (tertiary/aromatic N) is 5. The summed E-state index contributed by atoms with van der Waals surface area (Å²) in [6.45, 7) is 2.40. The topological polar surface area (TPSA) is 86.2 Å². The molecule has 0 aliphatic rings. The fourth-order valence-corrected chi connectivity index (χ4v) is 3.49. The molecule has 2 aromatic heterocycles. The molecule has 0 aliphatic carbocycles. The number of hydrazone groups is 1. The van der Waals surface area contributed by atoms with Crippen LogP contribution >= 0.6 is 11.6 Å². The maximum Gasteiger partial charge on any atom is 0.332 e. The molecule has 2 heterocycles. The maximum absolute atomic E-state index is 12.9. The summed E-state index contributed by atoms with van der Waals surface area (Å²) in [6, 6.07) is 15.3. The van der Waals surface area contributed by atoms with Crippen molar-refractivity contribution in [1.82, 2.24) is 18.7 Å². The molecular formula is C22H21ClN6O2. The van der Waals surface area contributed by atoms with Gasteiger partial charge in [0.05, 0.1) is 12.8 Å². The van der Waals surface area contributed by atoms with Crippen LogP contribution in [0.25, 0.3) is 11.2 Å². The van der Waals surface area contributed by atoms with Gasteiger partial charge in [0.2, 0.25) is 5.95 Å². The van der Waals surface area contributed by atoms with Crippen LogP contribution < -0.4 is 16.7 Å². The molecule has 4 aromatic rings. The van der Waals surface area contributed by atoms with Gasteiger partial charge >= 0.3 is 5.69 Å². The highest BCUT2D eigenvalue weighted by molar-refractivity contribution is 6.33. The minimum atomic E-state index is -0.441. The fourth-order valence-electron chi connectivity index (χ4n) is 3.30. The minimum Gasteiger partial charge on any atom is -0.298 e. The second kappa shape index (κ2) is 8.23. The third kappa shape index (κ3) is 3.89. The quantitative estimate of drug-likeness (QED) is 0.385. The lowest BCUT2D eigenvalue weighted by Gasteiger charge is -2.09. The number of halogens is 1. The van der Waals surface area contributed by atoms with Crippen LogP contribution in [0.15, 0.2) is 63.2 Å².